The summed E-state index contributed by atoms with van der Waals surface area (Å²) in [7, 11) is 1.77. The molecule has 0 atom stereocenters. The average Bonchev–Trinajstić information content (AvgIpc) is 3.01. The van der Waals surface area contributed by atoms with Gasteiger partial charge in [-0.1, -0.05) is 54.5 Å². The van der Waals surface area contributed by atoms with E-state index in [0.29, 0.717) is 5.82 Å². The first-order valence-electron chi connectivity index (χ1n) is 6.98. The smallest absolute Gasteiger partial charge is 0.121 e. The molecule has 0 bridgehead atoms. The Morgan fingerprint density at radius 1 is 1.09 bits per heavy atom. The van der Waals surface area contributed by atoms with Gasteiger partial charge < -0.3 is 0 Å². The van der Waals surface area contributed by atoms with Crippen LogP contribution in [0, 0.1) is 6.07 Å². The standard InChI is InChI=1S/C17H15N4.Pt/c1-17(2)14-7-5-4-6-12(14)13-9-8-11(10-15(13)17)16-18-20-21(3)19-16;/h4-7,9-10H,1-3H3;/q-1;. The minimum absolute atomic E-state index is 0. The van der Waals surface area contributed by atoms with Gasteiger partial charge >= 0.3 is 0 Å². The Kier molecular flexibility index (Phi) is 3.52. The normalized spacial score (nSPS) is 14.1. The Bertz CT molecular complexity index is 851. The number of aryl methyl sites for hydroxylation is 1. The summed E-state index contributed by atoms with van der Waals surface area (Å²) in [6, 6.07) is 16.1. The summed E-state index contributed by atoms with van der Waals surface area (Å²) >= 11 is 0. The van der Waals surface area contributed by atoms with E-state index in [-0.39, 0.29) is 26.5 Å². The molecule has 22 heavy (non-hydrogen) atoms. The van der Waals surface area contributed by atoms with Gasteiger partial charge in [-0.15, -0.1) is 29.3 Å². The number of tetrazole rings is 1. The van der Waals surface area contributed by atoms with Crippen LogP contribution in [0.1, 0.15) is 25.0 Å². The monoisotopic (exact) mass is 470 g/mol. The van der Waals surface area contributed by atoms with Crippen LogP contribution in [-0.2, 0) is 33.5 Å². The average molecular weight is 470 g/mol. The van der Waals surface area contributed by atoms with Crippen LogP contribution in [0.4, 0.5) is 0 Å². The van der Waals surface area contributed by atoms with Gasteiger partial charge in [-0.2, -0.15) is 15.0 Å². The molecule has 4 nitrogen and oxygen atoms in total. The van der Waals surface area contributed by atoms with Crippen molar-refractivity contribution in [1.82, 2.24) is 20.2 Å². The zero-order valence-electron chi connectivity index (χ0n) is 12.6. The molecule has 1 aliphatic rings. The Hall–Kier alpha value is -1.80. The molecule has 0 radical (unpaired) electrons. The van der Waals surface area contributed by atoms with Crippen LogP contribution in [0.3, 0.4) is 0 Å². The third-order valence-corrected chi connectivity index (χ3v) is 4.26. The maximum atomic E-state index is 4.27. The molecule has 5 heteroatoms. The molecular formula is C17H15N4Pt-. The van der Waals surface area contributed by atoms with Crippen molar-refractivity contribution in [1.29, 1.82) is 0 Å². The largest absolute Gasteiger partial charge is 0.183 e. The summed E-state index contributed by atoms with van der Waals surface area (Å²) in [4.78, 5) is 1.47. The van der Waals surface area contributed by atoms with E-state index in [4.69, 9.17) is 0 Å². The molecule has 0 aliphatic heterocycles. The van der Waals surface area contributed by atoms with Gasteiger partial charge in [0.1, 0.15) is 5.82 Å². The molecular weight excluding hydrogens is 455 g/mol. The number of rotatable bonds is 1. The quantitative estimate of drug-likeness (QED) is 0.514. The molecule has 1 aromatic heterocycles. The van der Waals surface area contributed by atoms with E-state index in [1.807, 2.05) is 0 Å². The zero-order chi connectivity index (χ0) is 14.6. The number of fused-ring (bicyclic) bond motifs is 3. The van der Waals surface area contributed by atoms with Gasteiger partial charge in [0.05, 0.1) is 7.05 Å². The maximum Gasteiger partial charge on any atom is 0.121 e. The summed E-state index contributed by atoms with van der Waals surface area (Å²) in [6.45, 7) is 4.51. The SMILES string of the molecule is Cn1nnc(-c2[c-]cc3c(c2)C(C)(C)c2ccccc2-3)n1.[Pt]. The fourth-order valence-corrected chi connectivity index (χ4v) is 3.16. The first-order valence-corrected chi connectivity index (χ1v) is 6.98. The molecule has 0 spiro atoms. The molecule has 0 saturated carbocycles. The van der Waals surface area contributed by atoms with Crippen molar-refractivity contribution in [2.75, 3.05) is 0 Å². The van der Waals surface area contributed by atoms with E-state index in [9.17, 15) is 0 Å². The number of nitrogens with zero attached hydrogens (tertiary/aromatic N) is 4. The number of hydrogen-bond acceptors (Lipinski definition) is 3. The fourth-order valence-electron chi connectivity index (χ4n) is 3.16. The van der Waals surface area contributed by atoms with Crippen molar-refractivity contribution in [3.05, 3.63) is 53.6 Å². The van der Waals surface area contributed by atoms with Crippen LogP contribution in [0.5, 0.6) is 0 Å². The van der Waals surface area contributed by atoms with Crippen molar-refractivity contribution >= 4 is 0 Å². The Labute approximate surface area is 143 Å². The minimum Gasteiger partial charge on any atom is -0.183 e. The predicted molar refractivity (Wildman–Crippen MR) is 80.6 cm³/mol. The molecule has 0 saturated heterocycles. The molecule has 114 valence electrons. The van der Waals surface area contributed by atoms with E-state index in [2.05, 4.69) is 71.7 Å². The van der Waals surface area contributed by atoms with Crippen molar-refractivity contribution in [2.24, 2.45) is 7.05 Å². The van der Waals surface area contributed by atoms with Gasteiger partial charge in [0, 0.05) is 21.1 Å². The van der Waals surface area contributed by atoms with Gasteiger partial charge in [0.2, 0.25) is 0 Å². The Balaban J connectivity index is 0.00000144. The van der Waals surface area contributed by atoms with Crippen molar-refractivity contribution in [3.63, 3.8) is 0 Å². The topological polar surface area (TPSA) is 43.6 Å². The fraction of sp³-hybridized carbons (Fsp3) is 0.235. The van der Waals surface area contributed by atoms with Crippen molar-refractivity contribution in [3.8, 4) is 22.5 Å². The van der Waals surface area contributed by atoms with Gasteiger partial charge in [-0.25, -0.2) is 0 Å². The number of benzene rings is 2. The van der Waals surface area contributed by atoms with Crippen LogP contribution >= 0.6 is 0 Å². The Morgan fingerprint density at radius 3 is 2.59 bits per heavy atom. The van der Waals surface area contributed by atoms with Gasteiger partial charge in [-0.05, 0) is 11.0 Å². The summed E-state index contributed by atoms with van der Waals surface area (Å²) < 4.78 is 0. The molecule has 2 aromatic carbocycles. The summed E-state index contributed by atoms with van der Waals surface area (Å²) in [5.41, 5.74) is 6.08. The summed E-state index contributed by atoms with van der Waals surface area (Å²) in [5.74, 6) is 0.618. The van der Waals surface area contributed by atoms with Crippen LogP contribution in [0.2, 0.25) is 0 Å². The Morgan fingerprint density at radius 2 is 1.86 bits per heavy atom. The molecule has 0 unspecified atom stereocenters. The van der Waals surface area contributed by atoms with Crippen LogP contribution in [0.15, 0.2) is 36.4 Å². The van der Waals surface area contributed by atoms with E-state index in [0.717, 1.165) is 5.56 Å². The van der Waals surface area contributed by atoms with E-state index < -0.39 is 0 Å². The zero-order valence-corrected chi connectivity index (χ0v) is 14.8. The second kappa shape index (κ2) is 5.13. The van der Waals surface area contributed by atoms with Crippen LogP contribution < -0.4 is 0 Å². The van der Waals surface area contributed by atoms with Gasteiger partial charge in [0.15, 0.2) is 0 Å². The summed E-state index contributed by atoms with van der Waals surface area (Å²) in [6.07, 6.45) is 0. The molecule has 1 heterocycles. The van der Waals surface area contributed by atoms with E-state index >= 15 is 0 Å². The second-order valence-corrected chi connectivity index (χ2v) is 5.95. The molecule has 1 aliphatic carbocycles. The predicted octanol–water partition coefficient (Wildman–Crippen LogP) is 2.98. The van der Waals surface area contributed by atoms with Crippen LogP contribution in [-0.4, -0.2) is 20.2 Å². The molecule has 0 fully saturated rings. The van der Waals surface area contributed by atoms with Gasteiger partial charge in [0.25, 0.3) is 0 Å². The van der Waals surface area contributed by atoms with Crippen molar-refractivity contribution < 1.29 is 21.1 Å². The molecule has 0 amide bonds. The van der Waals surface area contributed by atoms with Gasteiger partial charge in [-0.3, -0.25) is 0 Å². The second-order valence-electron chi connectivity index (χ2n) is 5.95. The van der Waals surface area contributed by atoms with Crippen molar-refractivity contribution in [2.45, 2.75) is 19.3 Å². The molecule has 4 rings (SSSR count). The van der Waals surface area contributed by atoms with Crippen LogP contribution in [0.25, 0.3) is 22.5 Å². The minimum atomic E-state index is -0.0159. The number of hydrogen-bond donors (Lipinski definition) is 0. The molecule has 3 aromatic rings. The third kappa shape index (κ3) is 2.05. The first-order chi connectivity index (χ1) is 10.1. The van der Waals surface area contributed by atoms with E-state index in [1.165, 1.54) is 27.1 Å². The number of aromatic nitrogens is 4. The molecule has 0 N–H and O–H groups in total. The summed E-state index contributed by atoms with van der Waals surface area (Å²) in [5, 5.41) is 12.2. The maximum absolute atomic E-state index is 4.27. The third-order valence-electron chi connectivity index (χ3n) is 4.26. The first kappa shape index (κ1) is 15.1. The van der Waals surface area contributed by atoms with E-state index in [1.54, 1.807) is 7.05 Å².